The van der Waals surface area contributed by atoms with Crippen molar-refractivity contribution in [2.75, 3.05) is 14.2 Å². The fourth-order valence-electron chi connectivity index (χ4n) is 7.08. The fraction of sp³-hybridized carbons (Fsp3) is 0.150. The second-order valence-corrected chi connectivity index (χ2v) is 16.5. The summed E-state index contributed by atoms with van der Waals surface area (Å²) in [5.74, 6) is 0. The molecular weight excluding hydrogens is 1320 g/mol. The van der Waals surface area contributed by atoms with Crippen LogP contribution in [0.3, 0.4) is 0 Å². The van der Waals surface area contributed by atoms with E-state index in [4.69, 9.17) is 23.2 Å². The summed E-state index contributed by atoms with van der Waals surface area (Å²) in [4.78, 5) is 13.8. The van der Waals surface area contributed by atoms with E-state index in [0.29, 0.717) is 0 Å². The number of aryl methyl sites for hydroxylation is 3. The summed E-state index contributed by atoms with van der Waals surface area (Å²) in [6.45, 7) is 6.53. The van der Waals surface area contributed by atoms with Crippen molar-refractivity contribution >= 4 is 10.1 Å². The summed E-state index contributed by atoms with van der Waals surface area (Å²) in [6, 6.07) is 70.4. The summed E-state index contributed by atoms with van der Waals surface area (Å²) < 4.78 is 58.9. The Morgan fingerprint density at radius 3 is 1.24 bits per heavy atom. The summed E-state index contributed by atoms with van der Waals surface area (Å²) in [7, 11) is -4.09. The van der Waals surface area contributed by atoms with E-state index in [0.717, 1.165) is 72.8 Å². The van der Waals surface area contributed by atoms with Crippen LogP contribution in [0.4, 0.5) is 13.2 Å². The van der Waals surface area contributed by atoms with Crippen LogP contribution in [-0.4, -0.2) is 57.9 Å². The van der Waals surface area contributed by atoms with Crippen molar-refractivity contribution in [3.8, 4) is 67.2 Å². The largest absolute Gasteiger partial charge is 0.741 e. The van der Waals surface area contributed by atoms with Crippen LogP contribution in [0.15, 0.2) is 200 Å². The number of benzene rings is 6. The third-order valence-corrected chi connectivity index (χ3v) is 11.2. The summed E-state index contributed by atoms with van der Waals surface area (Å²) in [5.41, 5.74) is 11.6. The standard InChI is InChI=1S/C19H17N.C19H16N.C19H15N.CHF3O3S.2CH4O.2Ir/c2*1-2-15-13-19(17-11-7-4-8-12-17)20-14-18(15)16-9-5-3-6-10-16;1-2-15-13-18(16-9-5-3-6-10-16)14-20-19(15)17-11-7-4-8-12-17;2-1(3,4)8(5,6)7;2*1-2;;/h3-14H,2H2,1H3;3-11,13-14H,2H2,1H3;3-9,11-13H,2H2,1H3;(H,5,6,7);2*2H,1H3;;/q;-1;-2;;;;;/p-1. The Balaban J connectivity index is 0.000000339. The van der Waals surface area contributed by atoms with Gasteiger partial charge < -0.3 is 24.7 Å². The molecule has 74 heavy (non-hydrogen) atoms. The van der Waals surface area contributed by atoms with E-state index in [1.165, 1.54) is 44.5 Å². The molecule has 3 aromatic heterocycles. The first-order valence-corrected chi connectivity index (χ1v) is 24.3. The van der Waals surface area contributed by atoms with Crippen LogP contribution < -0.4 is 0 Å². The van der Waals surface area contributed by atoms with Crippen molar-refractivity contribution in [3.05, 3.63) is 235 Å². The first-order chi connectivity index (χ1) is 34.9. The summed E-state index contributed by atoms with van der Waals surface area (Å²) in [5, 5.41) is 14.0. The van der Waals surface area contributed by atoms with Gasteiger partial charge in [0.25, 0.3) is 0 Å². The van der Waals surface area contributed by atoms with Gasteiger partial charge in [-0.3, -0.25) is 4.98 Å². The molecule has 0 atom stereocenters. The monoisotopic (exact) mass is 1370 g/mol. The van der Waals surface area contributed by atoms with Crippen molar-refractivity contribution in [1.82, 2.24) is 15.0 Å². The van der Waals surface area contributed by atoms with Gasteiger partial charge in [-0.2, -0.15) is 43.5 Å². The predicted octanol–water partition coefficient (Wildman–Crippen LogP) is 13.6. The molecule has 0 fully saturated rings. The van der Waals surface area contributed by atoms with Gasteiger partial charge in [0, 0.05) is 83.5 Å². The van der Waals surface area contributed by atoms with Crippen LogP contribution in [-0.2, 0) is 69.6 Å². The van der Waals surface area contributed by atoms with Gasteiger partial charge in [-0.1, -0.05) is 154 Å². The molecule has 2 radical (unpaired) electrons. The zero-order valence-electron chi connectivity index (χ0n) is 41.3. The molecule has 9 aromatic rings. The fourth-order valence-corrected chi connectivity index (χ4v) is 7.08. The van der Waals surface area contributed by atoms with Crippen molar-refractivity contribution in [3.63, 3.8) is 0 Å². The number of nitrogens with zero attached hydrogens (tertiary/aromatic N) is 3. The molecule has 0 aliphatic rings. The molecule has 0 saturated carbocycles. The maximum atomic E-state index is 10.7. The number of pyridine rings is 3. The molecule has 0 bridgehead atoms. The Bertz CT molecular complexity index is 2770. The van der Waals surface area contributed by atoms with Gasteiger partial charge in [0.1, 0.15) is 0 Å². The molecule has 2 N–H and O–H groups in total. The minimum absolute atomic E-state index is 0. The zero-order valence-corrected chi connectivity index (χ0v) is 47.0. The van der Waals surface area contributed by atoms with Crippen LogP contribution in [0, 0.1) is 18.3 Å². The van der Waals surface area contributed by atoms with Gasteiger partial charge >= 0.3 is 5.51 Å². The van der Waals surface area contributed by atoms with E-state index in [9.17, 15) is 13.2 Å². The normalized spacial score (nSPS) is 10.1. The van der Waals surface area contributed by atoms with Crippen molar-refractivity contribution in [1.29, 1.82) is 0 Å². The van der Waals surface area contributed by atoms with Gasteiger partial charge in [0.05, 0.1) is 5.69 Å². The average Bonchev–Trinajstić information content (AvgIpc) is 3.45. The van der Waals surface area contributed by atoms with Crippen LogP contribution in [0.1, 0.15) is 37.5 Å². The Morgan fingerprint density at radius 1 is 0.486 bits per heavy atom. The number of aliphatic hydroxyl groups is 2. The van der Waals surface area contributed by atoms with Gasteiger partial charge in [0.2, 0.25) is 0 Å². The first-order valence-electron chi connectivity index (χ1n) is 22.9. The summed E-state index contributed by atoms with van der Waals surface area (Å²) >= 11 is 0. The molecule has 0 unspecified atom stereocenters. The molecule has 14 heteroatoms. The van der Waals surface area contributed by atoms with Crippen LogP contribution in [0.25, 0.3) is 67.2 Å². The molecular formula is C60H56F3Ir2N3O5S-4. The minimum Gasteiger partial charge on any atom is -0.741 e. The smallest absolute Gasteiger partial charge is 0.485 e. The third kappa shape index (κ3) is 19.2. The van der Waals surface area contributed by atoms with Gasteiger partial charge in [-0.15, -0.1) is 47.5 Å². The number of hydrogen-bond acceptors (Lipinski definition) is 8. The molecule has 8 nitrogen and oxygen atoms in total. The zero-order chi connectivity index (χ0) is 52.4. The maximum Gasteiger partial charge on any atom is 0.485 e. The van der Waals surface area contributed by atoms with Crippen molar-refractivity contribution < 1.29 is 76.6 Å². The molecule has 390 valence electrons. The maximum absolute atomic E-state index is 10.7. The summed E-state index contributed by atoms with van der Waals surface area (Å²) in [6.07, 6.45) is 10.1. The van der Waals surface area contributed by atoms with Crippen LogP contribution in [0.2, 0.25) is 0 Å². The van der Waals surface area contributed by atoms with Gasteiger partial charge in [-0.05, 0) is 64.5 Å². The first kappa shape index (κ1) is 63.8. The molecule has 0 amide bonds. The Hall–Kier alpha value is -6.31. The van der Waals surface area contributed by atoms with E-state index < -0.39 is 15.6 Å². The molecule has 0 aliphatic heterocycles. The topological polar surface area (TPSA) is 136 Å². The third-order valence-electron chi connectivity index (χ3n) is 10.6. The Labute approximate surface area is 461 Å². The number of hydrogen-bond donors (Lipinski definition) is 2. The molecule has 0 aliphatic carbocycles. The second kappa shape index (κ2) is 33.5. The van der Waals surface area contributed by atoms with E-state index in [1.807, 2.05) is 109 Å². The second-order valence-electron chi connectivity index (χ2n) is 15.1. The Kier molecular flexibility index (Phi) is 28.9. The molecule has 0 saturated heterocycles. The van der Waals surface area contributed by atoms with E-state index in [1.54, 1.807) is 0 Å². The Morgan fingerprint density at radius 2 is 0.851 bits per heavy atom. The van der Waals surface area contributed by atoms with Crippen LogP contribution >= 0.6 is 0 Å². The van der Waals surface area contributed by atoms with Crippen molar-refractivity contribution in [2.45, 2.75) is 45.5 Å². The number of aromatic nitrogens is 3. The van der Waals surface area contributed by atoms with Crippen molar-refractivity contribution in [2.24, 2.45) is 0 Å². The quantitative estimate of drug-likeness (QED) is 0.0828. The molecule has 6 aromatic carbocycles. The van der Waals surface area contributed by atoms with Gasteiger partial charge in [0.15, 0.2) is 10.1 Å². The SMILES string of the molecule is CCc1cc(-c2[c-]cccc2)[c-]nc1-c1ccccc1.CCc1cc(-c2[c-]cccc2)ncc1-c1ccccc1.CCc1cc(-c2ccccc2)ncc1-c1ccccc1.CO.CO.O=S(=O)([O-])C(F)(F)F.[Ir].[Ir]. The number of halogens is 3. The number of aliphatic hydroxyl groups excluding tert-OH is 2. The van der Waals surface area contributed by atoms with E-state index in [2.05, 4.69) is 145 Å². The van der Waals surface area contributed by atoms with Crippen LogP contribution in [0.5, 0.6) is 0 Å². The predicted molar refractivity (Wildman–Crippen MR) is 282 cm³/mol. The van der Waals surface area contributed by atoms with Gasteiger partial charge in [-0.25, -0.2) is 19.5 Å². The number of alkyl halides is 3. The minimum atomic E-state index is -6.09. The van der Waals surface area contributed by atoms with E-state index in [-0.39, 0.29) is 40.2 Å². The van der Waals surface area contributed by atoms with E-state index >= 15 is 0 Å². The molecule has 9 rings (SSSR count). The molecule has 0 spiro atoms. The average molecular weight is 1370 g/mol. The molecule has 3 heterocycles. The number of rotatable bonds is 9.